The number of amides is 1. The summed E-state index contributed by atoms with van der Waals surface area (Å²) in [6.07, 6.45) is 5.42. The molecule has 4 aromatic rings. The maximum atomic E-state index is 13.7. The molecule has 8 nitrogen and oxygen atoms in total. The molecule has 1 aliphatic carbocycles. The number of rotatable bonds is 7. The number of nitrogens with one attached hydrogen (secondary N) is 1. The van der Waals surface area contributed by atoms with Crippen LogP contribution >= 0.6 is 34.7 Å². The zero-order valence-corrected chi connectivity index (χ0v) is 21.8. The molecule has 0 atom stereocenters. The van der Waals surface area contributed by atoms with E-state index in [1.165, 1.54) is 23.2 Å². The number of carbonyl (C=O) groups is 2. The number of aromatic carboxylic acids is 1. The highest BCUT2D eigenvalue weighted by Gasteiger charge is 2.23. The molecule has 37 heavy (non-hydrogen) atoms. The van der Waals surface area contributed by atoms with Gasteiger partial charge in [-0.1, -0.05) is 35.5 Å². The van der Waals surface area contributed by atoms with Gasteiger partial charge in [0.05, 0.1) is 28.6 Å². The van der Waals surface area contributed by atoms with Gasteiger partial charge in [0.1, 0.15) is 4.83 Å². The third-order valence-corrected chi connectivity index (χ3v) is 8.31. The second kappa shape index (κ2) is 10.9. The second-order valence-corrected chi connectivity index (χ2v) is 10.9. The van der Waals surface area contributed by atoms with Crippen molar-refractivity contribution in [2.75, 3.05) is 5.75 Å². The number of thioether (sulfide) groups is 1. The van der Waals surface area contributed by atoms with Crippen LogP contribution in [0.5, 0.6) is 0 Å². The molecule has 1 aliphatic rings. The highest BCUT2D eigenvalue weighted by molar-refractivity contribution is 7.99. The lowest BCUT2D eigenvalue weighted by atomic mass is 9.97. The van der Waals surface area contributed by atoms with Gasteiger partial charge in [-0.3, -0.25) is 14.2 Å². The molecule has 188 valence electrons. The van der Waals surface area contributed by atoms with Gasteiger partial charge >= 0.3 is 5.97 Å². The van der Waals surface area contributed by atoms with E-state index in [1.807, 2.05) is 0 Å². The van der Waals surface area contributed by atoms with Crippen molar-refractivity contribution in [3.63, 3.8) is 0 Å². The molecule has 0 spiro atoms. The van der Waals surface area contributed by atoms with E-state index in [0.717, 1.165) is 43.0 Å². The van der Waals surface area contributed by atoms with E-state index in [2.05, 4.69) is 10.5 Å². The summed E-state index contributed by atoms with van der Waals surface area (Å²) in [7, 11) is 0. The molecule has 0 aliphatic heterocycles. The Labute approximate surface area is 225 Å². The van der Waals surface area contributed by atoms with E-state index in [9.17, 15) is 14.4 Å². The average molecular weight is 553 g/mol. The zero-order valence-electron chi connectivity index (χ0n) is 19.4. The molecule has 0 bridgehead atoms. The van der Waals surface area contributed by atoms with Gasteiger partial charge in [0.15, 0.2) is 5.16 Å². The highest BCUT2D eigenvalue weighted by atomic mass is 35.5. The monoisotopic (exact) mass is 552 g/mol. The van der Waals surface area contributed by atoms with Crippen LogP contribution in [0.1, 0.15) is 39.2 Å². The van der Waals surface area contributed by atoms with E-state index in [1.54, 1.807) is 52.3 Å². The molecule has 0 saturated heterocycles. The highest BCUT2D eigenvalue weighted by Crippen LogP contribution is 2.35. The number of carboxylic acids is 1. The van der Waals surface area contributed by atoms with Crippen molar-refractivity contribution in [2.24, 2.45) is 5.10 Å². The summed E-state index contributed by atoms with van der Waals surface area (Å²) in [6.45, 7) is 0. The Morgan fingerprint density at radius 3 is 2.59 bits per heavy atom. The first kappa shape index (κ1) is 25.2. The number of hydrazone groups is 1. The Bertz CT molecular complexity index is 1580. The lowest BCUT2D eigenvalue weighted by Crippen LogP contribution is -2.24. The van der Waals surface area contributed by atoms with Gasteiger partial charge in [0.2, 0.25) is 0 Å². The topological polar surface area (TPSA) is 114 Å². The molecule has 2 aromatic heterocycles. The van der Waals surface area contributed by atoms with E-state index in [0.29, 0.717) is 31.6 Å². The fourth-order valence-electron chi connectivity index (χ4n) is 4.15. The van der Waals surface area contributed by atoms with Gasteiger partial charge in [-0.2, -0.15) is 5.10 Å². The number of carbonyl (C=O) groups excluding carboxylic acids is 1. The summed E-state index contributed by atoms with van der Waals surface area (Å²) in [5.41, 5.74) is 4.86. The molecule has 0 fully saturated rings. The van der Waals surface area contributed by atoms with Crippen LogP contribution in [0.3, 0.4) is 0 Å². The largest absolute Gasteiger partial charge is 0.478 e. The van der Waals surface area contributed by atoms with Crippen LogP contribution in [0, 0.1) is 0 Å². The lowest BCUT2D eigenvalue weighted by Gasteiger charge is -2.13. The molecule has 0 radical (unpaired) electrons. The van der Waals surface area contributed by atoms with Crippen LogP contribution in [0.4, 0.5) is 0 Å². The first-order chi connectivity index (χ1) is 17.9. The smallest absolute Gasteiger partial charge is 0.335 e. The molecule has 2 heterocycles. The summed E-state index contributed by atoms with van der Waals surface area (Å²) in [5, 5.41) is 14.6. The summed E-state index contributed by atoms with van der Waals surface area (Å²) in [6, 6.07) is 13.1. The summed E-state index contributed by atoms with van der Waals surface area (Å²) in [4.78, 5) is 43.9. The number of benzene rings is 2. The van der Waals surface area contributed by atoms with E-state index in [-0.39, 0.29) is 22.8 Å². The summed E-state index contributed by atoms with van der Waals surface area (Å²) < 4.78 is 1.55. The fourth-order valence-corrected chi connectivity index (χ4v) is 6.39. The third kappa shape index (κ3) is 5.46. The number of hydrogen-bond donors (Lipinski definition) is 2. The van der Waals surface area contributed by atoms with E-state index < -0.39 is 5.97 Å². The Hall–Kier alpha value is -3.47. The predicted molar refractivity (Wildman–Crippen MR) is 147 cm³/mol. The Kier molecular flexibility index (Phi) is 7.40. The molecule has 0 unspecified atom stereocenters. The molecule has 2 aromatic carbocycles. The van der Waals surface area contributed by atoms with Crippen LogP contribution in [0.15, 0.2) is 63.6 Å². The van der Waals surface area contributed by atoms with Crippen molar-refractivity contribution in [2.45, 2.75) is 30.8 Å². The van der Waals surface area contributed by atoms with Crippen LogP contribution < -0.4 is 11.0 Å². The van der Waals surface area contributed by atoms with Gasteiger partial charge in [-0.15, -0.1) is 11.3 Å². The average Bonchev–Trinajstić information content (AvgIpc) is 3.27. The van der Waals surface area contributed by atoms with Crippen LogP contribution in [0.25, 0.3) is 15.9 Å². The maximum absolute atomic E-state index is 13.7. The number of carboxylic acid groups (broad SMARTS) is 1. The van der Waals surface area contributed by atoms with E-state index >= 15 is 0 Å². The Morgan fingerprint density at radius 1 is 1.14 bits per heavy atom. The van der Waals surface area contributed by atoms with Crippen LogP contribution in [-0.4, -0.2) is 38.5 Å². The van der Waals surface area contributed by atoms with Gasteiger partial charge in [-0.05, 0) is 73.2 Å². The normalized spacial score (nSPS) is 13.1. The van der Waals surface area contributed by atoms with Crippen molar-refractivity contribution in [3.05, 3.63) is 85.5 Å². The van der Waals surface area contributed by atoms with Crippen LogP contribution in [-0.2, 0) is 17.6 Å². The number of hydrogen-bond acceptors (Lipinski definition) is 7. The molecule has 11 heteroatoms. The fraction of sp³-hybridized carbons (Fsp3) is 0.192. The number of fused-ring (bicyclic) bond motifs is 3. The van der Waals surface area contributed by atoms with Crippen molar-refractivity contribution < 1.29 is 14.7 Å². The van der Waals surface area contributed by atoms with Gasteiger partial charge in [0, 0.05) is 9.90 Å². The number of aryl methyl sites for hydroxylation is 2. The van der Waals surface area contributed by atoms with Gasteiger partial charge in [0.25, 0.3) is 11.5 Å². The maximum Gasteiger partial charge on any atom is 0.335 e. The van der Waals surface area contributed by atoms with Crippen molar-refractivity contribution >= 4 is 63.0 Å². The molecular formula is C26H21ClN4O4S2. The lowest BCUT2D eigenvalue weighted by molar-refractivity contribution is -0.118. The molecule has 5 rings (SSSR count). The molecule has 1 amide bonds. The van der Waals surface area contributed by atoms with Crippen molar-refractivity contribution in [3.8, 4) is 5.69 Å². The number of thiophene rings is 1. The first-order valence-electron chi connectivity index (χ1n) is 11.5. The number of aromatic nitrogens is 2. The SMILES string of the molecule is O=C(CSc1nc2sc3c(c2c(=O)n1-c1ccc(Cl)cc1)CCCC3)NN=Cc1ccc(C(=O)O)cc1. The minimum Gasteiger partial charge on any atom is -0.478 e. The zero-order chi connectivity index (χ0) is 25.9. The van der Waals surface area contributed by atoms with E-state index in [4.69, 9.17) is 21.7 Å². The van der Waals surface area contributed by atoms with Crippen molar-refractivity contribution in [1.82, 2.24) is 15.0 Å². The molecule has 2 N–H and O–H groups in total. The van der Waals surface area contributed by atoms with Crippen LogP contribution in [0.2, 0.25) is 5.02 Å². The molecule has 0 saturated carbocycles. The van der Waals surface area contributed by atoms with Gasteiger partial charge in [-0.25, -0.2) is 15.2 Å². The minimum absolute atomic E-state index is 0.00802. The standard InChI is InChI=1S/C26H21ClN4O4S2/c27-17-9-11-18(12-10-17)31-24(33)22-19-3-1-2-4-20(19)37-23(22)29-26(31)36-14-21(32)30-28-13-15-5-7-16(8-6-15)25(34)35/h5-13H,1-4,14H2,(H,30,32)(H,34,35). The Balaban J connectivity index is 1.38. The predicted octanol–water partition coefficient (Wildman–Crippen LogP) is 4.92. The minimum atomic E-state index is -1.01. The quantitative estimate of drug-likeness (QED) is 0.146. The second-order valence-electron chi connectivity index (χ2n) is 8.41. The summed E-state index contributed by atoms with van der Waals surface area (Å²) >= 11 is 8.79. The molecular weight excluding hydrogens is 532 g/mol. The summed E-state index contributed by atoms with van der Waals surface area (Å²) in [5.74, 6) is -1.39. The third-order valence-electron chi connectivity index (χ3n) is 5.94. The van der Waals surface area contributed by atoms with Gasteiger partial charge < -0.3 is 5.11 Å². The Morgan fingerprint density at radius 2 is 1.86 bits per heavy atom. The first-order valence-corrected chi connectivity index (χ1v) is 13.7. The number of nitrogens with zero attached hydrogens (tertiary/aromatic N) is 3. The van der Waals surface area contributed by atoms with Crippen molar-refractivity contribution in [1.29, 1.82) is 0 Å². The number of halogens is 1.